The van der Waals surface area contributed by atoms with E-state index >= 15 is 8.78 Å². The van der Waals surface area contributed by atoms with Gasteiger partial charge in [0.1, 0.15) is 22.4 Å². The quantitative estimate of drug-likeness (QED) is 0.0864. The van der Waals surface area contributed by atoms with Crippen molar-refractivity contribution in [2.75, 3.05) is 20.8 Å². The van der Waals surface area contributed by atoms with Crippen molar-refractivity contribution in [1.82, 2.24) is 15.3 Å². The number of fused-ring (bicyclic) bond motifs is 2. The van der Waals surface area contributed by atoms with Crippen molar-refractivity contribution in [3.63, 3.8) is 0 Å². The lowest BCUT2D eigenvalue weighted by molar-refractivity contribution is -0.139. The van der Waals surface area contributed by atoms with Crippen LogP contribution in [-0.4, -0.2) is 76.6 Å². The van der Waals surface area contributed by atoms with E-state index in [1.807, 2.05) is 24.3 Å². The highest BCUT2D eigenvalue weighted by Crippen LogP contribution is 2.47. The molecule has 2 aliphatic carbocycles. The Bertz CT molecular complexity index is 2020. The van der Waals surface area contributed by atoms with Gasteiger partial charge >= 0.3 is 5.97 Å². The third-order valence-corrected chi connectivity index (χ3v) is 10.3. The number of aliphatic carboxylic acids is 1. The van der Waals surface area contributed by atoms with Crippen LogP contribution in [0.5, 0.6) is 23.5 Å². The van der Waals surface area contributed by atoms with Gasteiger partial charge in [0.25, 0.3) is 0 Å². The average molecular weight is 803 g/mol. The minimum absolute atomic E-state index is 0.0156. The third-order valence-electron chi connectivity index (χ3n) is 9.79. The molecule has 2 aromatic heterocycles. The maximum Gasteiger partial charge on any atom is 0.306 e. The largest absolute Gasteiger partial charge is 0.481 e. The normalized spacial score (nSPS) is 19.7. The summed E-state index contributed by atoms with van der Waals surface area (Å²) in [5, 5.41) is 31.6. The number of rotatable bonds is 17. The Morgan fingerprint density at radius 2 is 1.36 bits per heavy atom. The topological polar surface area (TPSA) is 152 Å². The van der Waals surface area contributed by atoms with Crippen LogP contribution in [0.3, 0.4) is 0 Å². The molecule has 294 valence electrons. The summed E-state index contributed by atoms with van der Waals surface area (Å²) in [6, 6.07) is 14.3. The first-order valence-corrected chi connectivity index (χ1v) is 18.7. The van der Waals surface area contributed by atoms with E-state index in [1.165, 1.54) is 14.2 Å². The van der Waals surface area contributed by atoms with Crippen LogP contribution >= 0.6 is 23.2 Å². The zero-order valence-electron chi connectivity index (χ0n) is 30.5. The van der Waals surface area contributed by atoms with E-state index in [9.17, 15) is 15.0 Å². The van der Waals surface area contributed by atoms with Crippen LogP contribution < -0.4 is 24.3 Å². The van der Waals surface area contributed by atoms with E-state index in [2.05, 4.69) is 15.3 Å². The molecule has 0 fully saturated rings. The first-order valence-electron chi connectivity index (χ1n) is 18.0. The SMILES string of the molecule is COc1nc(O[C@@H]2c3cccc(-c4cccc5c4C[C@@H](F)[C@@H]5Oc4nc(OC)c(CNC[C@@H](O)CC(=O)O)cc4Cl)c3C[C@H]2F)c(Cl)cc1CCC[C@H](C)O. The second-order valence-electron chi connectivity index (χ2n) is 13.8. The number of hydrogen-bond acceptors (Lipinski definition) is 10. The molecule has 2 aliphatic rings. The van der Waals surface area contributed by atoms with Gasteiger partial charge in [-0.25, -0.2) is 8.78 Å². The number of nitrogens with zero attached hydrogens (tertiary/aromatic N) is 2. The van der Waals surface area contributed by atoms with Crippen molar-refractivity contribution in [1.29, 1.82) is 0 Å². The van der Waals surface area contributed by atoms with E-state index in [-0.39, 0.29) is 53.6 Å². The maximum absolute atomic E-state index is 15.9. The van der Waals surface area contributed by atoms with Gasteiger partial charge in [0.15, 0.2) is 12.2 Å². The predicted molar refractivity (Wildman–Crippen MR) is 202 cm³/mol. The Hall–Kier alpha value is -4.27. The molecule has 0 bridgehead atoms. The number of aliphatic hydroxyl groups excluding tert-OH is 2. The van der Waals surface area contributed by atoms with Gasteiger partial charge in [-0.2, -0.15) is 9.97 Å². The number of nitrogens with one attached hydrogen (secondary N) is 1. The molecule has 0 spiro atoms. The lowest BCUT2D eigenvalue weighted by atomic mass is 9.91. The van der Waals surface area contributed by atoms with Crippen molar-refractivity contribution in [2.24, 2.45) is 0 Å². The Balaban J connectivity index is 1.22. The molecular weight excluding hydrogens is 759 g/mol. The van der Waals surface area contributed by atoms with Crippen LogP contribution in [0.4, 0.5) is 8.78 Å². The predicted octanol–water partition coefficient (Wildman–Crippen LogP) is 7.12. The number of aromatic nitrogens is 2. The fourth-order valence-corrected chi connectivity index (χ4v) is 7.70. The number of pyridine rings is 2. The Morgan fingerprint density at radius 3 is 1.85 bits per heavy atom. The smallest absolute Gasteiger partial charge is 0.306 e. The monoisotopic (exact) mass is 801 g/mol. The number of alkyl halides is 2. The van der Waals surface area contributed by atoms with Crippen molar-refractivity contribution in [3.05, 3.63) is 92.0 Å². The number of carbonyl (C=O) groups is 1. The minimum atomic E-state index is -1.45. The van der Waals surface area contributed by atoms with Crippen LogP contribution in [0, 0.1) is 0 Å². The molecular formula is C40H43Cl2F2N3O8. The van der Waals surface area contributed by atoms with Crippen LogP contribution in [0.25, 0.3) is 11.1 Å². The number of benzene rings is 2. The average Bonchev–Trinajstić information content (AvgIpc) is 3.63. The Kier molecular flexibility index (Phi) is 13.0. The molecule has 11 nitrogen and oxygen atoms in total. The summed E-state index contributed by atoms with van der Waals surface area (Å²) in [5.74, 6) is -0.616. The first-order chi connectivity index (χ1) is 26.4. The summed E-state index contributed by atoms with van der Waals surface area (Å²) >= 11 is 13.2. The Morgan fingerprint density at radius 1 is 0.855 bits per heavy atom. The molecule has 0 amide bonds. The summed E-state index contributed by atoms with van der Waals surface area (Å²) in [4.78, 5) is 19.7. The molecule has 0 saturated heterocycles. The van der Waals surface area contributed by atoms with Crippen molar-refractivity contribution >= 4 is 29.2 Å². The zero-order valence-corrected chi connectivity index (χ0v) is 32.0. The molecule has 6 atom stereocenters. The number of ether oxygens (including phenoxy) is 4. The van der Waals surface area contributed by atoms with Gasteiger partial charge in [0.2, 0.25) is 23.5 Å². The molecule has 0 aliphatic heterocycles. The second kappa shape index (κ2) is 17.7. The molecule has 0 radical (unpaired) electrons. The van der Waals surface area contributed by atoms with E-state index in [1.54, 1.807) is 31.2 Å². The highest BCUT2D eigenvalue weighted by Gasteiger charge is 2.40. The highest BCUT2D eigenvalue weighted by atomic mass is 35.5. The van der Waals surface area contributed by atoms with Crippen LogP contribution in [0.15, 0.2) is 48.5 Å². The molecule has 15 heteroatoms. The summed E-state index contributed by atoms with van der Waals surface area (Å²) < 4.78 is 55.1. The minimum Gasteiger partial charge on any atom is -0.481 e. The number of hydrogen-bond donors (Lipinski definition) is 4. The molecule has 0 unspecified atom stereocenters. The number of aliphatic hydroxyl groups is 2. The van der Waals surface area contributed by atoms with Crippen LogP contribution in [-0.2, 0) is 30.6 Å². The molecule has 0 saturated carbocycles. The third kappa shape index (κ3) is 9.08. The summed E-state index contributed by atoms with van der Waals surface area (Å²) in [5.41, 5.74) is 5.49. The molecule has 55 heavy (non-hydrogen) atoms. The highest BCUT2D eigenvalue weighted by molar-refractivity contribution is 6.32. The molecule has 4 N–H and O–H groups in total. The number of carboxylic acid groups (broad SMARTS) is 1. The fourth-order valence-electron chi connectivity index (χ4n) is 7.26. The number of carboxylic acids is 1. The first kappa shape index (κ1) is 40.4. The van der Waals surface area contributed by atoms with Crippen LogP contribution in [0.1, 0.15) is 71.8 Å². The number of methoxy groups -OCH3 is 2. The lowest BCUT2D eigenvalue weighted by Gasteiger charge is -2.20. The van der Waals surface area contributed by atoms with Gasteiger partial charge in [-0.3, -0.25) is 4.79 Å². The van der Waals surface area contributed by atoms with E-state index in [0.717, 1.165) is 27.8 Å². The van der Waals surface area contributed by atoms with Gasteiger partial charge in [-0.1, -0.05) is 59.6 Å². The molecule has 2 aromatic carbocycles. The van der Waals surface area contributed by atoms with Gasteiger partial charge < -0.3 is 39.6 Å². The Labute approximate surface area is 327 Å². The summed E-state index contributed by atoms with van der Waals surface area (Å²) in [7, 11) is 2.90. The molecule has 6 rings (SSSR count). The standard InChI is InChI=1S/C40H43Cl2F2N3O8/c1-20(48)7-4-8-21-13-30(41)39(46-37(21)52-2)54-35-26-11-5-9-24(28(26)16-32(35)43)25-10-6-12-27-29(25)17-33(44)36(27)55-40-31(42)14-22(38(47-40)53-3)18-45-19-23(49)15-34(50)51/h5-6,9-14,20,23,32-33,35-36,45,48-49H,4,7-8,15-19H2,1-3H3,(H,50,51)/t20-,23-,32+,33+,35+,36+/m0/s1. The maximum atomic E-state index is 15.9. The van der Waals surface area contributed by atoms with Crippen molar-refractivity contribution in [3.8, 4) is 34.6 Å². The van der Waals surface area contributed by atoms with Gasteiger partial charge in [-0.05, 0) is 71.7 Å². The van der Waals surface area contributed by atoms with Crippen LogP contribution in [0.2, 0.25) is 10.0 Å². The summed E-state index contributed by atoms with van der Waals surface area (Å²) in [6.07, 6.45) is -4.83. The van der Waals surface area contributed by atoms with Gasteiger partial charge in [0.05, 0.1) is 32.8 Å². The van der Waals surface area contributed by atoms with Gasteiger partial charge in [-0.15, -0.1) is 0 Å². The van der Waals surface area contributed by atoms with E-state index in [4.69, 9.17) is 47.3 Å². The molecule has 4 aromatic rings. The van der Waals surface area contributed by atoms with Gasteiger partial charge in [0, 0.05) is 37.1 Å². The van der Waals surface area contributed by atoms with Crippen molar-refractivity contribution < 1.29 is 47.8 Å². The zero-order chi connectivity index (χ0) is 39.4. The number of aryl methyl sites for hydroxylation is 1. The second-order valence-corrected chi connectivity index (χ2v) is 14.6. The van der Waals surface area contributed by atoms with E-state index < -0.39 is 49.1 Å². The molecule has 2 heterocycles. The summed E-state index contributed by atoms with van der Waals surface area (Å²) in [6.45, 7) is 1.91. The fraction of sp³-hybridized carbons (Fsp3) is 0.425. The van der Waals surface area contributed by atoms with Crippen molar-refractivity contribution in [2.45, 2.75) is 88.8 Å². The van der Waals surface area contributed by atoms with E-state index in [0.29, 0.717) is 41.8 Å². The number of halogens is 4. The lowest BCUT2D eigenvalue weighted by Crippen LogP contribution is -2.28.